The molecule has 0 N–H and O–H groups in total. The summed E-state index contributed by atoms with van der Waals surface area (Å²) >= 11 is 0. The highest BCUT2D eigenvalue weighted by atomic mass is 16.7. The Morgan fingerprint density at radius 1 is 1.17 bits per heavy atom. The van der Waals surface area contributed by atoms with E-state index in [-0.39, 0.29) is 13.4 Å². The maximum absolute atomic E-state index is 10.5. The van der Waals surface area contributed by atoms with E-state index < -0.39 is 0 Å². The molecule has 0 radical (unpaired) electrons. The molecule has 0 fully saturated rings. The molecule has 5 nitrogen and oxygen atoms in total. The minimum atomic E-state index is 0.236. The number of ether oxygens (including phenoxy) is 3. The predicted octanol–water partition coefficient (Wildman–Crippen LogP) is 2.40. The van der Waals surface area contributed by atoms with Crippen LogP contribution in [0.1, 0.15) is 16.3 Å². The van der Waals surface area contributed by atoms with Crippen LogP contribution in [-0.2, 0) is 6.61 Å². The van der Waals surface area contributed by atoms with Gasteiger partial charge in [0, 0.05) is 6.07 Å². The maximum Gasteiger partial charge on any atom is 0.231 e. The van der Waals surface area contributed by atoms with Crippen LogP contribution in [0.3, 0.4) is 0 Å². The van der Waals surface area contributed by atoms with Gasteiger partial charge in [0.15, 0.2) is 23.5 Å². The van der Waals surface area contributed by atoms with Gasteiger partial charge in [-0.25, -0.2) is 0 Å². The highest BCUT2D eigenvalue weighted by Gasteiger charge is 2.13. The molecule has 1 aliphatic rings. The number of furan rings is 1. The second-order valence-electron chi connectivity index (χ2n) is 3.73. The Morgan fingerprint density at radius 2 is 2.06 bits per heavy atom. The molecule has 18 heavy (non-hydrogen) atoms. The largest absolute Gasteiger partial charge is 0.486 e. The van der Waals surface area contributed by atoms with Crippen molar-refractivity contribution in [1.82, 2.24) is 0 Å². The first-order chi connectivity index (χ1) is 8.85. The number of hydrogen-bond donors (Lipinski definition) is 0. The van der Waals surface area contributed by atoms with Crippen molar-refractivity contribution in [2.75, 3.05) is 6.79 Å². The molecular weight excluding hydrogens is 236 g/mol. The molecule has 0 saturated heterocycles. The minimum Gasteiger partial charge on any atom is -0.486 e. The van der Waals surface area contributed by atoms with Gasteiger partial charge < -0.3 is 18.6 Å². The van der Waals surface area contributed by atoms with E-state index in [0.717, 1.165) is 0 Å². The van der Waals surface area contributed by atoms with Gasteiger partial charge in [-0.2, -0.15) is 0 Å². The Morgan fingerprint density at radius 3 is 2.89 bits per heavy atom. The molecule has 0 atom stereocenters. The fraction of sp³-hybridized carbons (Fsp3) is 0.154. The smallest absolute Gasteiger partial charge is 0.231 e. The zero-order valence-corrected chi connectivity index (χ0v) is 9.42. The van der Waals surface area contributed by atoms with Gasteiger partial charge in [-0.1, -0.05) is 0 Å². The van der Waals surface area contributed by atoms with Gasteiger partial charge in [0.25, 0.3) is 0 Å². The Bertz CT molecular complexity index is 573. The number of benzene rings is 1. The number of rotatable bonds is 4. The standard InChI is InChI=1S/C13H10O5/c14-6-10-1-2-11(18-10)7-15-9-3-4-12-13(5-9)17-8-16-12/h1-6H,7-8H2. The van der Waals surface area contributed by atoms with Gasteiger partial charge >= 0.3 is 0 Å². The van der Waals surface area contributed by atoms with Gasteiger partial charge in [-0.15, -0.1) is 0 Å². The molecule has 0 amide bonds. The monoisotopic (exact) mass is 246 g/mol. The highest BCUT2D eigenvalue weighted by molar-refractivity contribution is 5.70. The Balaban J connectivity index is 1.68. The lowest BCUT2D eigenvalue weighted by atomic mass is 10.3. The van der Waals surface area contributed by atoms with Crippen LogP contribution in [0.15, 0.2) is 34.7 Å². The van der Waals surface area contributed by atoms with Crippen molar-refractivity contribution in [2.45, 2.75) is 6.61 Å². The minimum absolute atomic E-state index is 0.236. The third-order valence-corrected chi connectivity index (χ3v) is 2.52. The molecular formula is C13H10O5. The van der Waals surface area contributed by atoms with E-state index in [1.54, 1.807) is 30.3 Å². The molecule has 5 heteroatoms. The van der Waals surface area contributed by atoms with E-state index in [9.17, 15) is 4.79 Å². The quantitative estimate of drug-likeness (QED) is 0.775. The predicted molar refractivity (Wildman–Crippen MR) is 61.0 cm³/mol. The van der Waals surface area contributed by atoms with Crippen LogP contribution in [0.4, 0.5) is 0 Å². The molecule has 0 saturated carbocycles. The maximum atomic E-state index is 10.5. The van der Waals surface area contributed by atoms with Gasteiger partial charge in [-0.05, 0) is 24.3 Å². The van der Waals surface area contributed by atoms with Crippen LogP contribution < -0.4 is 14.2 Å². The van der Waals surface area contributed by atoms with Crippen LogP contribution in [0.2, 0.25) is 0 Å². The third kappa shape index (κ3) is 2.02. The molecule has 1 aromatic heterocycles. The van der Waals surface area contributed by atoms with E-state index in [0.29, 0.717) is 35.1 Å². The number of fused-ring (bicyclic) bond motifs is 1. The topological polar surface area (TPSA) is 57.9 Å². The molecule has 3 rings (SSSR count). The molecule has 2 aromatic rings. The number of carbonyl (C=O) groups is 1. The van der Waals surface area contributed by atoms with Crippen LogP contribution in [0, 0.1) is 0 Å². The van der Waals surface area contributed by atoms with Crippen molar-refractivity contribution in [3.63, 3.8) is 0 Å². The summed E-state index contributed by atoms with van der Waals surface area (Å²) in [5.41, 5.74) is 0. The number of carbonyl (C=O) groups excluding carboxylic acids is 1. The van der Waals surface area contributed by atoms with Crippen molar-refractivity contribution in [1.29, 1.82) is 0 Å². The zero-order valence-electron chi connectivity index (χ0n) is 9.42. The van der Waals surface area contributed by atoms with Crippen molar-refractivity contribution in [3.8, 4) is 17.2 Å². The van der Waals surface area contributed by atoms with Crippen molar-refractivity contribution in [3.05, 3.63) is 41.9 Å². The summed E-state index contributed by atoms with van der Waals surface area (Å²) in [4.78, 5) is 10.5. The lowest BCUT2D eigenvalue weighted by Crippen LogP contribution is -1.94. The summed E-state index contributed by atoms with van der Waals surface area (Å²) in [5.74, 6) is 2.92. The average molecular weight is 246 g/mol. The highest BCUT2D eigenvalue weighted by Crippen LogP contribution is 2.35. The first kappa shape index (κ1) is 10.7. The summed E-state index contributed by atoms with van der Waals surface area (Å²) < 4.78 is 21.2. The molecule has 0 bridgehead atoms. The molecule has 92 valence electrons. The fourth-order valence-electron chi connectivity index (χ4n) is 1.66. The lowest BCUT2D eigenvalue weighted by molar-refractivity contribution is 0.109. The Labute approximate surface area is 103 Å². The number of hydrogen-bond acceptors (Lipinski definition) is 5. The third-order valence-electron chi connectivity index (χ3n) is 2.52. The molecule has 0 unspecified atom stereocenters. The van der Waals surface area contributed by atoms with Crippen LogP contribution in [-0.4, -0.2) is 13.1 Å². The van der Waals surface area contributed by atoms with E-state index in [4.69, 9.17) is 18.6 Å². The zero-order chi connectivity index (χ0) is 12.4. The van der Waals surface area contributed by atoms with E-state index in [1.165, 1.54) is 0 Å². The summed E-state index contributed by atoms with van der Waals surface area (Å²) in [5, 5.41) is 0. The molecule has 0 spiro atoms. The van der Waals surface area contributed by atoms with Gasteiger partial charge in [-0.3, -0.25) is 4.79 Å². The van der Waals surface area contributed by atoms with Crippen LogP contribution in [0.5, 0.6) is 17.2 Å². The summed E-state index contributed by atoms with van der Waals surface area (Å²) in [6.07, 6.45) is 0.657. The lowest BCUT2D eigenvalue weighted by Gasteiger charge is -2.04. The second-order valence-corrected chi connectivity index (χ2v) is 3.73. The summed E-state index contributed by atoms with van der Waals surface area (Å²) in [7, 11) is 0. The Kier molecular flexibility index (Phi) is 2.64. The number of aldehydes is 1. The van der Waals surface area contributed by atoms with E-state index in [1.807, 2.05) is 0 Å². The van der Waals surface area contributed by atoms with E-state index >= 15 is 0 Å². The first-order valence-electron chi connectivity index (χ1n) is 5.41. The normalized spacial score (nSPS) is 12.4. The average Bonchev–Trinajstić information content (AvgIpc) is 3.04. The first-order valence-corrected chi connectivity index (χ1v) is 5.41. The van der Waals surface area contributed by atoms with E-state index in [2.05, 4.69) is 0 Å². The molecule has 1 aliphatic heterocycles. The van der Waals surface area contributed by atoms with Gasteiger partial charge in [0.1, 0.15) is 18.1 Å². The van der Waals surface area contributed by atoms with Crippen LogP contribution >= 0.6 is 0 Å². The molecule has 1 aromatic carbocycles. The van der Waals surface area contributed by atoms with Crippen molar-refractivity contribution >= 4 is 6.29 Å². The van der Waals surface area contributed by atoms with Crippen molar-refractivity contribution in [2.24, 2.45) is 0 Å². The Hall–Kier alpha value is -2.43. The second kappa shape index (κ2) is 4.44. The molecule has 2 heterocycles. The summed E-state index contributed by atoms with van der Waals surface area (Å²) in [6, 6.07) is 8.64. The SMILES string of the molecule is O=Cc1ccc(COc2ccc3c(c2)OCO3)o1. The van der Waals surface area contributed by atoms with Crippen LogP contribution in [0.25, 0.3) is 0 Å². The van der Waals surface area contributed by atoms with Gasteiger partial charge in [0.05, 0.1) is 0 Å². The molecule has 0 aliphatic carbocycles. The fourth-order valence-corrected chi connectivity index (χ4v) is 1.66. The summed E-state index contributed by atoms with van der Waals surface area (Å²) in [6.45, 7) is 0.493. The van der Waals surface area contributed by atoms with Gasteiger partial charge in [0.2, 0.25) is 6.79 Å². The van der Waals surface area contributed by atoms with Crippen molar-refractivity contribution < 1.29 is 23.4 Å².